The minimum absolute atomic E-state index is 0.302. The summed E-state index contributed by atoms with van der Waals surface area (Å²) in [4.78, 5) is 0. The fourth-order valence-electron chi connectivity index (χ4n) is 2.57. The van der Waals surface area contributed by atoms with Crippen LogP contribution in [-0.4, -0.2) is 9.67 Å². The molecule has 0 saturated heterocycles. The number of aromatic nitrogens is 1. The van der Waals surface area contributed by atoms with Gasteiger partial charge in [-0.05, 0) is 59.5 Å². The van der Waals surface area contributed by atoms with Gasteiger partial charge in [0.05, 0.1) is 11.8 Å². The number of aliphatic hydroxyl groups excluding tert-OH is 1. The molecule has 1 unspecified atom stereocenters. The van der Waals surface area contributed by atoms with E-state index in [4.69, 9.17) is 0 Å². The van der Waals surface area contributed by atoms with E-state index in [0.717, 1.165) is 39.5 Å². The Morgan fingerprint density at radius 2 is 2.06 bits per heavy atom. The van der Waals surface area contributed by atoms with Crippen LogP contribution in [0.25, 0.3) is 5.69 Å². The zero-order valence-corrected chi connectivity index (χ0v) is 12.9. The van der Waals surface area contributed by atoms with Gasteiger partial charge in [0.2, 0.25) is 0 Å². The van der Waals surface area contributed by atoms with E-state index in [2.05, 4.69) is 42.5 Å². The predicted molar refractivity (Wildman–Crippen MR) is 79.1 cm³/mol. The Morgan fingerprint density at radius 1 is 1.22 bits per heavy atom. The van der Waals surface area contributed by atoms with Gasteiger partial charge in [0.15, 0.2) is 0 Å². The molecule has 1 N–H and O–H groups in total. The van der Waals surface area contributed by atoms with Crippen molar-refractivity contribution >= 4 is 31.9 Å². The highest BCUT2D eigenvalue weighted by atomic mass is 79.9. The largest absolute Gasteiger partial charge is 0.388 e. The monoisotopic (exact) mass is 369 g/mol. The van der Waals surface area contributed by atoms with Crippen molar-refractivity contribution in [2.24, 2.45) is 0 Å². The molecule has 1 aromatic carbocycles. The van der Waals surface area contributed by atoms with Crippen LogP contribution < -0.4 is 0 Å². The molecular formula is C14H13Br2NO. The highest BCUT2D eigenvalue weighted by Crippen LogP contribution is 2.34. The molecule has 1 aliphatic carbocycles. The highest BCUT2D eigenvalue weighted by molar-refractivity contribution is 9.11. The molecule has 0 amide bonds. The number of nitrogens with zero attached hydrogens (tertiary/aromatic N) is 1. The Labute approximate surface area is 123 Å². The first-order valence-electron chi connectivity index (χ1n) is 6.00. The van der Waals surface area contributed by atoms with Crippen LogP contribution >= 0.6 is 31.9 Å². The Kier molecular flexibility index (Phi) is 3.34. The molecule has 0 fully saturated rings. The van der Waals surface area contributed by atoms with Gasteiger partial charge in [-0.25, -0.2) is 0 Å². The standard InChI is InChI=1S/C14H13Br2NO/c15-9-4-5-13(11(16)8-9)17-7-6-10-12(17)2-1-3-14(10)18/h4-8,14,18H,1-3H2. The van der Waals surface area contributed by atoms with Crippen LogP contribution in [0, 0.1) is 0 Å². The number of aliphatic hydroxyl groups is 1. The Morgan fingerprint density at radius 3 is 2.83 bits per heavy atom. The van der Waals surface area contributed by atoms with Gasteiger partial charge in [-0.15, -0.1) is 0 Å². The SMILES string of the molecule is OC1CCCc2c1ccn2-c1ccc(Br)cc1Br. The molecule has 18 heavy (non-hydrogen) atoms. The Bertz CT molecular complexity index is 591. The summed E-state index contributed by atoms with van der Waals surface area (Å²) in [6.45, 7) is 0. The van der Waals surface area contributed by atoms with Crippen LogP contribution in [0.4, 0.5) is 0 Å². The molecule has 1 aromatic heterocycles. The van der Waals surface area contributed by atoms with E-state index >= 15 is 0 Å². The summed E-state index contributed by atoms with van der Waals surface area (Å²) in [6.07, 6.45) is 4.70. The first kappa shape index (κ1) is 12.5. The van der Waals surface area contributed by atoms with Crippen LogP contribution in [0.2, 0.25) is 0 Å². The van der Waals surface area contributed by atoms with E-state index in [1.54, 1.807) is 0 Å². The normalized spacial score (nSPS) is 18.7. The van der Waals surface area contributed by atoms with Crippen molar-refractivity contribution in [3.05, 3.63) is 50.7 Å². The lowest BCUT2D eigenvalue weighted by atomic mass is 9.95. The van der Waals surface area contributed by atoms with Gasteiger partial charge in [0, 0.05) is 26.4 Å². The lowest BCUT2D eigenvalue weighted by molar-refractivity contribution is 0.156. The van der Waals surface area contributed by atoms with E-state index in [1.807, 2.05) is 24.4 Å². The summed E-state index contributed by atoms with van der Waals surface area (Å²) >= 11 is 7.06. The Hall–Kier alpha value is -0.580. The first-order valence-corrected chi connectivity index (χ1v) is 7.59. The summed E-state index contributed by atoms with van der Waals surface area (Å²) in [5.74, 6) is 0. The van der Waals surface area contributed by atoms with Crippen LogP contribution in [0.5, 0.6) is 0 Å². The molecule has 4 heteroatoms. The summed E-state index contributed by atoms with van der Waals surface area (Å²) in [7, 11) is 0. The molecule has 3 rings (SSSR count). The third-order valence-corrected chi connectivity index (χ3v) is 4.57. The van der Waals surface area contributed by atoms with Gasteiger partial charge in [0.25, 0.3) is 0 Å². The zero-order valence-electron chi connectivity index (χ0n) is 9.74. The van der Waals surface area contributed by atoms with Crippen molar-refractivity contribution in [3.63, 3.8) is 0 Å². The van der Waals surface area contributed by atoms with Crippen molar-refractivity contribution in [3.8, 4) is 5.69 Å². The second-order valence-electron chi connectivity index (χ2n) is 4.59. The van der Waals surface area contributed by atoms with E-state index in [-0.39, 0.29) is 6.10 Å². The van der Waals surface area contributed by atoms with Gasteiger partial charge >= 0.3 is 0 Å². The lowest BCUT2D eigenvalue weighted by Crippen LogP contribution is -2.11. The topological polar surface area (TPSA) is 25.2 Å². The van der Waals surface area contributed by atoms with Crippen molar-refractivity contribution in [1.82, 2.24) is 4.57 Å². The Balaban J connectivity index is 2.12. The fraction of sp³-hybridized carbons (Fsp3) is 0.286. The molecule has 1 aliphatic rings. The van der Waals surface area contributed by atoms with Crippen molar-refractivity contribution in [2.75, 3.05) is 0 Å². The number of hydrogen-bond acceptors (Lipinski definition) is 1. The zero-order chi connectivity index (χ0) is 12.7. The van der Waals surface area contributed by atoms with Crippen LogP contribution in [-0.2, 0) is 6.42 Å². The minimum atomic E-state index is -0.302. The summed E-state index contributed by atoms with van der Waals surface area (Å²) in [5, 5.41) is 10.0. The maximum Gasteiger partial charge on any atom is 0.0807 e. The lowest BCUT2D eigenvalue weighted by Gasteiger charge is -2.20. The molecule has 2 nitrogen and oxygen atoms in total. The minimum Gasteiger partial charge on any atom is -0.388 e. The van der Waals surface area contributed by atoms with Crippen molar-refractivity contribution in [2.45, 2.75) is 25.4 Å². The first-order chi connectivity index (χ1) is 8.66. The van der Waals surface area contributed by atoms with Gasteiger partial charge in [-0.2, -0.15) is 0 Å². The predicted octanol–water partition coefficient (Wildman–Crippen LogP) is 4.37. The van der Waals surface area contributed by atoms with Crippen LogP contribution in [0.1, 0.15) is 30.2 Å². The summed E-state index contributed by atoms with van der Waals surface area (Å²) < 4.78 is 4.28. The maximum atomic E-state index is 10.0. The number of halogens is 2. The molecule has 94 valence electrons. The molecule has 0 bridgehead atoms. The molecule has 0 spiro atoms. The van der Waals surface area contributed by atoms with Gasteiger partial charge in [-0.1, -0.05) is 15.9 Å². The smallest absolute Gasteiger partial charge is 0.0807 e. The van der Waals surface area contributed by atoms with Crippen molar-refractivity contribution < 1.29 is 5.11 Å². The van der Waals surface area contributed by atoms with Crippen LogP contribution in [0.3, 0.4) is 0 Å². The average Bonchev–Trinajstić information content (AvgIpc) is 2.74. The molecule has 1 atom stereocenters. The van der Waals surface area contributed by atoms with E-state index in [0.29, 0.717) is 0 Å². The number of benzene rings is 1. The third kappa shape index (κ3) is 2.06. The second-order valence-corrected chi connectivity index (χ2v) is 6.36. The highest BCUT2D eigenvalue weighted by Gasteiger charge is 2.22. The van der Waals surface area contributed by atoms with Gasteiger partial charge < -0.3 is 9.67 Å². The van der Waals surface area contributed by atoms with Gasteiger partial charge in [0.1, 0.15) is 0 Å². The second kappa shape index (κ2) is 4.83. The van der Waals surface area contributed by atoms with E-state index in [1.165, 1.54) is 5.69 Å². The molecular weight excluding hydrogens is 358 g/mol. The molecule has 0 saturated carbocycles. The maximum absolute atomic E-state index is 10.0. The quantitative estimate of drug-likeness (QED) is 0.792. The fourth-order valence-corrected chi connectivity index (χ4v) is 3.81. The number of fused-ring (bicyclic) bond motifs is 1. The average molecular weight is 371 g/mol. The van der Waals surface area contributed by atoms with E-state index in [9.17, 15) is 5.11 Å². The van der Waals surface area contributed by atoms with Gasteiger partial charge in [-0.3, -0.25) is 0 Å². The number of hydrogen-bond donors (Lipinski definition) is 1. The summed E-state index contributed by atoms with van der Waals surface area (Å²) in [5.41, 5.74) is 3.43. The summed E-state index contributed by atoms with van der Waals surface area (Å²) in [6, 6.07) is 8.19. The van der Waals surface area contributed by atoms with Crippen LogP contribution in [0.15, 0.2) is 39.4 Å². The third-order valence-electron chi connectivity index (χ3n) is 3.45. The number of rotatable bonds is 1. The molecule has 0 aliphatic heterocycles. The molecule has 2 aromatic rings. The van der Waals surface area contributed by atoms with E-state index < -0.39 is 0 Å². The van der Waals surface area contributed by atoms with Crippen molar-refractivity contribution in [1.29, 1.82) is 0 Å². The molecule has 1 heterocycles. The molecule has 0 radical (unpaired) electrons.